The molecule has 7 rings (SSSR count). The van der Waals surface area contributed by atoms with Gasteiger partial charge in [-0.1, -0.05) is 149 Å². The fourth-order valence-corrected chi connectivity index (χ4v) is 16.2. The molecule has 0 bridgehead atoms. The molecule has 2 unspecified atom stereocenters. The van der Waals surface area contributed by atoms with Crippen LogP contribution in [0.25, 0.3) is 0 Å². The van der Waals surface area contributed by atoms with Gasteiger partial charge >= 0.3 is 0 Å². The summed E-state index contributed by atoms with van der Waals surface area (Å²) >= 11 is 0. The summed E-state index contributed by atoms with van der Waals surface area (Å²) < 4.78 is 0. The second-order valence-electron chi connectivity index (χ2n) is 12.1. The maximum atomic E-state index is 2.49. The number of hydrogen-bond donors (Lipinski definition) is 0. The molecule has 0 spiro atoms. The van der Waals surface area contributed by atoms with Crippen LogP contribution < -0.4 is 0 Å². The molecule has 0 aromatic heterocycles. The average molecular weight is 585 g/mol. The van der Waals surface area contributed by atoms with Gasteiger partial charge in [0.2, 0.25) is 0 Å². The van der Waals surface area contributed by atoms with Crippen molar-refractivity contribution in [2.75, 3.05) is 0 Å². The van der Waals surface area contributed by atoms with Crippen LogP contribution in [0.1, 0.15) is 96.3 Å². The molecule has 1 aliphatic carbocycles. The minimum Gasteiger partial charge on any atom is -0.0882 e. The lowest BCUT2D eigenvalue weighted by Crippen LogP contribution is -2.05. The van der Waals surface area contributed by atoms with Crippen LogP contribution >= 0.6 is 15.8 Å². The van der Waals surface area contributed by atoms with Gasteiger partial charge in [-0.25, -0.2) is 0 Å². The van der Waals surface area contributed by atoms with Crippen LogP contribution in [-0.2, 0) is 0 Å². The Labute approximate surface area is 255 Å². The molecule has 2 fully saturated rings. The molecule has 2 heterocycles. The van der Waals surface area contributed by atoms with Gasteiger partial charge in [-0.2, -0.15) is 0 Å². The summed E-state index contributed by atoms with van der Waals surface area (Å²) in [7, 11) is -0.682. The monoisotopic (exact) mass is 584 g/mol. The molecular formula is C40H42P2. The van der Waals surface area contributed by atoms with Crippen LogP contribution in [0.2, 0.25) is 0 Å². The van der Waals surface area contributed by atoms with Gasteiger partial charge in [-0.15, -0.1) is 0 Å². The van der Waals surface area contributed by atoms with Crippen LogP contribution in [-0.4, -0.2) is 0 Å². The Hall–Kier alpha value is -2.78. The van der Waals surface area contributed by atoms with Gasteiger partial charge in [0.15, 0.2) is 0 Å². The first kappa shape index (κ1) is 28.0. The Balaban J connectivity index is 1.41. The van der Waals surface area contributed by atoms with Gasteiger partial charge in [0.1, 0.15) is 0 Å². The molecule has 2 aliphatic heterocycles. The van der Waals surface area contributed by atoms with E-state index in [2.05, 4.69) is 133 Å². The van der Waals surface area contributed by atoms with Gasteiger partial charge in [-0.05, 0) is 84.2 Å². The summed E-state index contributed by atoms with van der Waals surface area (Å²) in [4.78, 5) is 0. The molecule has 0 nitrogen and oxygen atoms in total. The van der Waals surface area contributed by atoms with E-state index < -0.39 is 0 Å². The highest BCUT2D eigenvalue weighted by molar-refractivity contribution is 7.67. The maximum absolute atomic E-state index is 2.49. The molecule has 4 atom stereocenters. The summed E-state index contributed by atoms with van der Waals surface area (Å²) in [5.74, 6) is 0. The standard InChI is InChI=1S/C40H42P2/c1-2-16-26-40(42-37(33-21-11-5-12-22-33)29-30-38(42)34-23-13-6-14-24-34)39(25-15-1)41-35(31-17-7-3-8-18-31)27-28-36(41)32-19-9-4-10-20-32/h1-14,17-24,35-38H,15-16,25-30H2/t35-,36-,37?,38?,42?/m0/s1. The van der Waals surface area contributed by atoms with E-state index in [1.54, 1.807) is 22.3 Å². The molecule has 212 valence electrons. The first-order chi connectivity index (χ1) is 20.9. The first-order valence-electron chi connectivity index (χ1n) is 16.0. The Kier molecular flexibility index (Phi) is 8.84. The summed E-state index contributed by atoms with van der Waals surface area (Å²) in [6.45, 7) is 0. The van der Waals surface area contributed by atoms with Crippen molar-refractivity contribution in [1.82, 2.24) is 0 Å². The van der Waals surface area contributed by atoms with E-state index in [4.69, 9.17) is 0 Å². The van der Waals surface area contributed by atoms with E-state index in [0.717, 1.165) is 0 Å². The topological polar surface area (TPSA) is 0 Å². The van der Waals surface area contributed by atoms with Gasteiger partial charge in [-0.3, -0.25) is 0 Å². The van der Waals surface area contributed by atoms with Crippen molar-refractivity contribution in [3.63, 3.8) is 0 Å². The normalized spacial score (nSPS) is 26.7. The lowest BCUT2D eigenvalue weighted by atomic mass is 10.0. The third kappa shape index (κ3) is 5.74. The molecule has 2 heteroatoms. The maximum Gasteiger partial charge on any atom is 0.00848 e. The molecule has 0 saturated carbocycles. The summed E-state index contributed by atoms with van der Waals surface area (Å²) in [5, 5.41) is 3.81. The lowest BCUT2D eigenvalue weighted by Gasteiger charge is -2.37. The van der Waals surface area contributed by atoms with Crippen LogP contribution in [0.4, 0.5) is 0 Å². The summed E-state index contributed by atoms with van der Waals surface area (Å²) in [6.07, 6.45) is 15.1. The number of allylic oxidation sites excluding steroid dienone is 4. The van der Waals surface area contributed by atoms with Crippen LogP contribution in [0.15, 0.2) is 144 Å². The summed E-state index contributed by atoms with van der Waals surface area (Å²) in [5.41, 5.74) is 8.92. The fraction of sp³-hybridized carbons (Fsp3) is 0.300. The van der Waals surface area contributed by atoms with Crippen molar-refractivity contribution < 1.29 is 0 Å². The van der Waals surface area contributed by atoms with Gasteiger partial charge < -0.3 is 0 Å². The second-order valence-corrected chi connectivity index (χ2v) is 17.3. The van der Waals surface area contributed by atoms with Crippen molar-refractivity contribution >= 4 is 15.8 Å². The zero-order valence-electron chi connectivity index (χ0n) is 24.6. The minimum absolute atomic E-state index is 0.341. The van der Waals surface area contributed by atoms with Gasteiger partial charge in [0.25, 0.3) is 0 Å². The molecule has 4 aromatic carbocycles. The van der Waals surface area contributed by atoms with Crippen molar-refractivity contribution in [3.8, 4) is 0 Å². The predicted octanol–water partition coefficient (Wildman–Crippen LogP) is 12.8. The third-order valence-corrected chi connectivity index (χ3v) is 17.0. The Morgan fingerprint density at radius 2 is 0.619 bits per heavy atom. The zero-order chi connectivity index (χ0) is 28.1. The predicted molar refractivity (Wildman–Crippen MR) is 184 cm³/mol. The van der Waals surface area contributed by atoms with Crippen molar-refractivity contribution in [2.45, 2.75) is 74.0 Å². The van der Waals surface area contributed by atoms with Crippen LogP contribution in [0.3, 0.4) is 0 Å². The van der Waals surface area contributed by atoms with Crippen LogP contribution in [0, 0.1) is 0 Å². The Morgan fingerprint density at radius 1 is 0.357 bits per heavy atom. The summed E-state index contributed by atoms with van der Waals surface area (Å²) in [6, 6.07) is 46.4. The van der Waals surface area contributed by atoms with E-state index in [1.807, 2.05) is 10.6 Å². The molecule has 0 radical (unpaired) electrons. The zero-order valence-corrected chi connectivity index (χ0v) is 26.4. The SMILES string of the molecule is C1=CCCC(P2[C@H](c3ccccc3)CC[C@H]2c2ccccc2)=C(P2C(c3ccccc3)CCC2c2ccccc2)CC1. The number of hydrogen-bond acceptors (Lipinski definition) is 0. The molecule has 4 aromatic rings. The molecule has 42 heavy (non-hydrogen) atoms. The highest BCUT2D eigenvalue weighted by Crippen LogP contribution is 2.81. The molecule has 0 N–H and O–H groups in total. The Bertz CT molecular complexity index is 1280. The smallest absolute Gasteiger partial charge is 0.00848 e. The quantitative estimate of drug-likeness (QED) is 0.156. The van der Waals surface area contributed by atoms with Gasteiger partial charge in [0, 0.05) is 22.6 Å². The fourth-order valence-electron chi connectivity index (χ4n) is 7.91. The average Bonchev–Trinajstić information content (AvgIpc) is 3.68. The largest absolute Gasteiger partial charge is 0.0882 e. The molecule has 3 aliphatic rings. The number of rotatable bonds is 6. The van der Waals surface area contributed by atoms with Crippen molar-refractivity contribution in [3.05, 3.63) is 166 Å². The number of benzene rings is 4. The van der Waals surface area contributed by atoms with E-state index in [-0.39, 0.29) is 15.8 Å². The van der Waals surface area contributed by atoms with Crippen molar-refractivity contribution in [2.24, 2.45) is 0 Å². The van der Waals surface area contributed by atoms with E-state index in [1.165, 1.54) is 51.4 Å². The minimum atomic E-state index is -0.341. The van der Waals surface area contributed by atoms with Gasteiger partial charge in [0.05, 0.1) is 0 Å². The molecule has 0 amide bonds. The highest BCUT2D eigenvalue weighted by Gasteiger charge is 2.45. The van der Waals surface area contributed by atoms with Crippen molar-refractivity contribution in [1.29, 1.82) is 0 Å². The lowest BCUT2D eigenvalue weighted by molar-refractivity contribution is 0.765. The molecular weight excluding hydrogens is 542 g/mol. The van der Waals surface area contributed by atoms with E-state index in [9.17, 15) is 0 Å². The second kappa shape index (κ2) is 13.2. The first-order valence-corrected chi connectivity index (χ1v) is 19.0. The highest BCUT2D eigenvalue weighted by atomic mass is 31.1. The Morgan fingerprint density at radius 3 is 0.881 bits per heavy atom. The third-order valence-electron chi connectivity index (χ3n) is 9.73. The molecule has 2 saturated heterocycles. The van der Waals surface area contributed by atoms with Crippen LogP contribution in [0.5, 0.6) is 0 Å². The van der Waals surface area contributed by atoms with E-state index >= 15 is 0 Å². The van der Waals surface area contributed by atoms with E-state index in [0.29, 0.717) is 22.6 Å².